The van der Waals surface area contributed by atoms with Crippen molar-refractivity contribution in [2.45, 2.75) is 6.92 Å². The second-order valence-corrected chi connectivity index (χ2v) is 6.81. The predicted molar refractivity (Wildman–Crippen MR) is 99.9 cm³/mol. The lowest BCUT2D eigenvalue weighted by molar-refractivity contribution is -0.107. The number of carbonyl (C=O) groups is 3. The predicted octanol–water partition coefficient (Wildman–Crippen LogP) is 4.30. The Bertz CT molecular complexity index is 1100. The molecular weight excluding hydrogens is 350 g/mol. The minimum Gasteiger partial charge on any atom is -0.452 e. The lowest BCUT2D eigenvalue weighted by atomic mass is 10.0. The number of hydrogen-bond acceptors (Lipinski definition) is 5. The third kappa shape index (κ3) is 2.84. The van der Waals surface area contributed by atoms with E-state index < -0.39 is 0 Å². The van der Waals surface area contributed by atoms with Crippen molar-refractivity contribution in [3.05, 3.63) is 76.7 Å². The molecule has 4 rings (SSSR count). The standard InChI is InChI=1S/C20H13NO4S/c1-11-14-9-12(10-15-19(23)26-20(24)21-15)7-8-16(14)25-18(11)17(22)13-5-3-2-4-6-13/h2-10H,1H3,(H,21,24). The van der Waals surface area contributed by atoms with Gasteiger partial charge in [0.25, 0.3) is 5.24 Å². The van der Waals surface area contributed by atoms with Gasteiger partial charge in [-0.3, -0.25) is 14.4 Å². The van der Waals surface area contributed by atoms with Gasteiger partial charge in [-0.25, -0.2) is 0 Å². The summed E-state index contributed by atoms with van der Waals surface area (Å²) in [4.78, 5) is 35.7. The summed E-state index contributed by atoms with van der Waals surface area (Å²) in [6, 6.07) is 14.3. The van der Waals surface area contributed by atoms with E-state index in [1.54, 1.807) is 42.5 Å². The molecule has 1 aliphatic heterocycles. The molecule has 0 bridgehead atoms. The summed E-state index contributed by atoms with van der Waals surface area (Å²) in [7, 11) is 0. The van der Waals surface area contributed by atoms with Crippen LogP contribution in [0.2, 0.25) is 0 Å². The number of carbonyl (C=O) groups excluding carboxylic acids is 3. The molecule has 5 nitrogen and oxygen atoms in total. The number of hydrogen-bond donors (Lipinski definition) is 1. The zero-order chi connectivity index (χ0) is 18.3. The highest BCUT2D eigenvalue weighted by atomic mass is 32.2. The van der Waals surface area contributed by atoms with Gasteiger partial charge in [0.15, 0.2) is 5.76 Å². The maximum absolute atomic E-state index is 12.7. The fourth-order valence-electron chi connectivity index (χ4n) is 2.85. The average Bonchev–Trinajstić information content (AvgIpc) is 3.14. The van der Waals surface area contributed by atoms with E-state index in [2.05, 4.69) is 5.32 Å². The second kappa shape index (κ2) is 6.31. The van der Waals surface area contributed by atoms with Crippen molar-refractivity contribution in [1.29, 1.82) is 0 Å². The number of amides is 1. The normalized spacial score (nSPS) is 15.7. The number of thioether (sulfide) groups is 1. The zero-order valence-electron chi connectivity index (χ0n) is 13.7. The summed E-state index contributed by atoms with van der Waals surface area (Å²) in [5, 5.41) is 2.63. The van der Waals surface area contributed by atoms with Gasteiger partial charge in [0.2, 0.25) is 10.9 Å². The molecule has 1 N–H and O–H groups in total. The molecule has 1 aliphatic rings. The van der Waals surface area contributed by atoms with Crippen molar-refractivity contribution in [2.24, 2.45) is 0 Å². The molecule has 2 heterocycles. The smallest absolute Gasteiger partial charge is 0.291 e. The van der Waals surface area contributed by atoms with Crippen LogP contribution < -0.4 is 5.32 Å². The van der Waals surface area contributed by atoms with Gasteiger partial charge in [-0.15, -0.1) is 0 Å². The molecule has 1 saturated heterocycles. The van der Waals surface area contributed by atoms with Crippen LogP contribution in [0.25, 0.3) is 17.0 Å². The Labute approximate surface area is 153 Å². The quantitative estimate of drug-likeness (QED) is 0.555. The van der Waals surface area contributed by atoms with Crippen molar-refractivity contribution in [2.75, 3.05) is 0 Å². The van der Waals surface area contributed by atoms with Crippen molar-refractivity contribution < 1.29 is 18.8 Å². The first-order chi connectivity index (χ1) is 12.5. The van der Waals surface area contributed by atoms with E-state index in [1.165, 1.54) is 0 Å². The number of furan rings is 1. The summed E-state index contributed by atoms with van der Waals surface area (Å²) >= 11 is 0.640. The highest BCUT2D eigenvalue weighted by Crippen LogP contribution is 2.29. The van der Waals surface area contributed by atoms with E-state index in [1.807, 2.05) is 19.1 Å². The molecule has 0 radical (unpaired) electrons. The molecule has 2 aromatic carbocycles. The molecule has 6 heteroatoms. The van der Waals surface area contributed by atoms with Crippen LogP contribution in [0, 0.1) is 6.92 Å². The Morgan fingerprint density at radius 3 is 2.58 bits per heavy atom. The summed E-state index contributed by atoms with van der Waals surface area (Å²) < 4.78 is 5.77. The number of ketones is 1. The molecule has 0 saturated carbocycles. The maximum Gasteiger partial charge on any atom is 0.291 e. The van der Waals surface area contributed by atoms with E-state index in [0.717, 1.165) is 16.5 Å². The minimum absolute atomic E-state index is 0.172. The van der Waals surface area contributed by atoms with Crippen LogP contribution in [0.15, 0.2) is 58.6 Å². The van der Waals surface area contributed by atoms with Crippen LogP contribution in [0.1, 0.15) is 27.2 Å². The maximum atomic E-state index is 12.7. The monoisotopic (exact) mass is 363 g/mol. The first-order valence-corrected chi connectivity index (χ1v) is 8.72. The van der Waals surface area contributed by atoms with Gasteiger partial charge in [-0.1, -0.05) is 36.4 Å². The number of aryl methyl sites for hydroxylation is 1. The Kier molecular flexibility index (Phi) is 3.97. The van der Waals surface area contributed by atoms with Crippen molar-refractivity contribution in [1.82, 2.24) is 5.32 Å². The SMILES string of the molecule is Cc1c(C(=O)c2ccccc2)oc2ccc(C=C3NC(=O)SC3=O)cc12. The number of rotatable bonds is 3. The zero-order valence-corrected chi connectivity index (χ0v) is 14.6. The van der Waals surface area contributed by atoms with E-state index in [9.17, 15) is 14.4 Å². The van der Waals surface area contributed by atoms with Crippen LogP contribution in [-0.4, -0.2) is 16.1 Å². The summed E-state index contributed by atoms with van der Waals surface area (Å²) in [6.07, 6.45) is 1.62. The average molecular weight is 363 g/mol. The minimum atomic E-state index is -0.377. The van der Waals surface area contributed by atoms with Crippen molar-refractivity contribution >= 4 is 44.9 Å². The largest absolute Gasteiger partial charge is 0.452 e. The van der Waals surface area contributed by atoms with Crippen molar-refractivity contribution in [3.8, 4) is 0 Å². The van der Waals surface area contributed by atoms with Gasteiger partial charge < -0.3 is 9.73 Å². The molecule has 0 spiro atoms. The highest BCUT2D eigenvalue weighted by molar-refractivity contribution is 8.27. The first-order valence-electron chi connectivity index (χ1n) is 7.90. The van der Waals surface area contributed by atoms with E-state index in [4.69, 9.17) is 4.42 Å². The number of fused-ring (bicyclic) bond motifs is 1. The van der Waals surface area contributed by atoms with Crippen molar-refractivity contribution in [3.63, 3.8) is 0 Å². The Morgan fingerprint density at radius 1 is 1.12 bits per heavy atom. The Balaban J connectivity index is 1.75. The molecule has 1 amide bonds. The Morgan fingerprint density at radius 2 is 1.88 bits per heavy atom. The fraction of sp³-hybridized carbons (Fsp3) is 0.0500. The molecule has 128 valence electrons. The van der Waals surface area contributed by atoms with Crippen LogP contribution in [0.3, 0.4) is 0 Å². The van der Waals surface area contributed by atoms with E-state index in [-0.39, 0.29) is 21.8 Å². The van der Waals surface area contributed by atoms with E-state index in [0.29, 0.717) is 28.7 Å². The third-order valence-electron chi connectivity index (χ3n) is 4.16. The summed E-state index contributed by atoms with van der Waals surface area (Å²) in [6.45, 7) is 1.83. The highest BCUT2D eigenvalue weighted by Gasteiger charge is 2.25. The van der Waals surface area contributed by atoms with Crippen LogP contribution in [0.4, 0.5) is 4.79 Å². The number of nitrogens with one attached hydrogen (secondary N) is 1. The molecule has 0 aliphatic carbocycles. The second-order valence-electron chi connectivity index (χ2n) is 5.87. The molecule has 3 aromatic rings. The summed E-state index contributed by atoms with van der Waals surface area (Å²) in [5.74, 6) is 0.130. The van der Waals surface area contributed by atoms with Gasteiger partial charge in [0, 0.05) is 28.3 Å². The van der Waals surface area contributed by atoms with Crippen LogP contribution >= 0.6 is 11.8 Å². The lowest BCUT2D eigenvalue weighted by Gasteiger charge is -1.98. The topological polar surface area (TPSA) is 76.4 Å². The third-order valence-corrected chi connectivity index (χ3v) is 4.85. The molecule has 1 aromatic heterocycles. The van der Waals surface area contributed by atoms with Gasteiger partial charge in [0.05, 0.1) is 5.70 Å². The fourth-order valence-corrected chi connectivity index (χ4v) is 3.40. The lowest BCUT2D eigenvalue weighted by Crippen LogP contribution is -2.10. The van der Waals surface area contributed by atoms with Gasteiger partial charge in [-0.05, 0) is 30.7 Å². The molecule has 0 atom stereocenters. The van der Waals surface area contributed by atoms with Crippen LogP contribution in [0.5, 0.6) is 0 Å². The Hall–Kier alpha value is -3.12. The van der Waals surface area contributed by atoms with Gasteiger partial charge in [-0.2, -0.15) is 0 Å². The molecule has 1 fully saturated rings. The van der Waals surface area contributed by atoms with E-state index >= 15 is 0 Å². The molecule has 0 unspecified atom stereocenters. The first kappa shape index (κ1) is 16.4. The van der Waals surface area contributed by atoms with Gasteiger partial charge >= 0.3 is 0 Å². The molecular formula is C20H13NO4S. The number of benzene rings is 2. The van der Waals surface area contributed by atoms with Gasteiger partial charge in [0.1, 0.15) is 5.58 Å². The van der Waals surface area contributed by atoms with Crippen LogP contribution in [-0.2, 0) is 4.79 Å². The molecule has 26 heavy (non-hydrogen) atoms. The summed E-state index contributed by atoms with van der Waals surface area (Å²) in [5.41, 5.74) is 2.89.